The van der Waals surface area contributed by atoms with Crippen molar-refractivity contribution in [2.45, 2.75) is 411 Å². The molecule has 0 saturated heterocycles. The van der Waals surface area contributed by atoms with Crippen LogP contribution in [0.5, 0.6) is 0 Å². The number of aryl methyl sites for hydroxylation is 10. The van der Waals surface area contributed by atoms with Crippen LogP contribution >= 0.6 is 0 Å². The lowest BCUT2D eigenvalue weighted by Gasteiger charge is -2.53. The van der Waals surface area contributed by atoms with Crippen LogP contribution in [0.1, 0.15) is 404 Å². The van der Waals surface area contributed by atoms with E-state index in [0.717, 1.165) is 0 Å². The van der Waals surface area contributed by atoms with Crippen LogP contribution in [0.15, 0.2) is 207 Å². The maximum atomic E-state index is 2.55. The molecule has 6 aromatic carbocycles. The molecule has 6 bridgehead atoms. The Morgan fingerprint density at radius 1 is 0.237 bits per heavy atom. The average molecular weight is 1890 g/mol. The quantitative estimate of drug-likeness (QED) is 0.153. The number of fused-ring (bicyclic) bond motifs is 17. The zero-order chi connectivity index (χ0) is 108. The lowest BCUT2D eigenvalue weighted by atomic mass is 9.50. The Labute approximate surface area is 858 Å². The molecule has 7 aliphatic carbocycles. The van der Waals surface area contributed by atoms with E-state index in [0.29, 0.717) is 0 Å². The van der Waals surface area contributed by atoms with Crippen LogP contribution in [0, 0.1) is 83.4 Å². The maximum Gasteiger partial charge on any atom is 0.216 e. The third kappa shape index (κ3) is 18.6. The van der Waals surface area contributed by atoms with Crippen LogP contribution in [0.3, 0.4) is 0 Å². The highest BCUT2D eigenvalue weighted by Crippen LogP contribution is 2.86. The van der Waals surface area contributed by atoms with Gasteiger partial charge in [-0.25, -0.2) is 18.3 Å². The molecule has 766 valence electrons. The first-order chi connectivity index (χ1) is 65.4. The SMILES string of the molecule is CC.CC.CC.CC.CC.CC.CC.CC.CC.CC.CC.Cc1c(-c2cccc[n+]2C)ccc2ccccc12.Cc1ccccc1-c1c2c(cc[n+]1C)C1(C)C(C)(C)C(C)(C)C2(C)C1(C)C.Cc1ccccc1-c1c2c(cc[n+]1C)CCCC2.Cc1ccccc1-c1cc2c(c[n+]1C)C1(C)C(C)(C)C(C)(C)C2(C)C1(C)C.Cc1ccccc1-c1ccc2c([n+]1C)C1(C)C(C)(C)C(C)(C)C2(C)C1(C)C. The second-order valence-electron chi connectivity index (χ2n) is 43.0. The standard InChI is InChI=1S/3C26H36N.C17H20N.C17H16N.11C2H6/c1-17-13-11-12-14-18(17)21-15-19-20(16-27(21)10)26(9)23(4,5)22(2,3)25(19,8)24(26,6)7;1-17-13-11-12-14-18(17)21-20-19(15-16-27(21)10)25(8)22(2,3)23(4,5)26(20,9)24(25,6)7;1-17-13-11-12-14-18(17)20-16-15-19-21(27(20)10)26(9)23(4,5)22(2,3)25(19,8)24(26,6)7;1-13-7-3-5-9-15(13)17-16-10-6-4-8-14(16)11-12-18(17)2;1-13-15-8-4-3-7-14(15)10-11-16(13)17-9-5-6-12-18(17)2;11*1-2/h3*11-16H,1-10H3;3,5,7,9,11-12H,4,6,8,10H2,1-2H3;3-12H,1-2H3;11*1-2H3/q5*+1;;;;;;;;;;;. The van der Waals surface area contributed by atoms with Crippen molar-refractivity contribution in [3.63, 3.8) is 0 Å². The van der Waals surface area contributed by atoms with Gasteiger partial charge in [0.2, 0.25) is 28.5 Å². The molecule has 5 aromatic heterocycles. The Bertz CT molecular complexity index is 5760. The van der Waals surface area contributed by atoms with Crippen molar-refractivity contribution in [2.24, 2.45) is 84.0 Å². The van der Waals surface area contributed by atoms with Crippen LogP contribution in [0.25, 0.3) is 67.1 Å². The predicted octanol–water partition coefficient (Wildman–Crippen LogP) is 36.6. The Morgan fingerprint density at radius 3 is 1.05 bits per heavy atom. The summed E-state index contributed by atoms with van der Waals surface area (Å²) in [6, 6.07) is 66.4. The highest BCUT2D eigenvalue weighted by Gasteiger charge is 2.85. The Morgan fingerprint density at radius 2 is 0.590 bits per heavy atom. The highest BCUT2D eigenvalue weighted by molar-refractivity contribution is 5.90. The van der Waals surface area contributed by atoms with E-state index in [1.165, 1.54) is 121 Å². The lowest BCUT2D eigenvalue weighted by molar-refractivity contribution is -0.673. The number of hydrogen-bond donors (Lipinski definition) is 0. The molecule has 139 heavy (non-hydrogen) atoms. The van der Waals surface area contributed by atoms with Gasteiger partial charge in [0.1, 0.15) is 35.2 Å². The van der Waals surface area contributed by atoms with E-state index in [9.17, 15) is 0 Å². The molecule has 6 unspecified atom stereocenters. The van der Waals surface area contributed by atoms with Crippen molar-refractivity contribution < 1.29 is 22.8 Å². The molecule has 18 rings (SSSR count). The molecule has 5 nitrogen and oxygen atoms in total. The summed E-state index contributed by atoms with van der Waals surface area (Å²) in [6.45, 7) is 115. The van der Waals surface area contributed by atoms with E-state index in [-0.39, 0.29) is 81.2 Å². The number of benzene rings is 6. The first-order valence-corrected chi connectivity index (χ1v) is 55.2. The molecule has 0 N–H and O–H groups in total. The number of pyridine rings is 5. The van der Waals surface area contributed by atoms with Gasteiger partial charge in [-0.3, -0.25) is 0 Å². The summed E-state index contributed by atoms with van der Waals surface area (Å²) in [4.78, 5) is 0. The largest absolute Gasteiger partial charge is 0.216 e. The van der Waals surface area contributed by atoms with Crippen LogP contribution in [0.2, 0.25) is 0 Å². The van der Waals surface area contributed by atoms with Gasteiger partial charge in [-0.05, 0) is 214 Å². The minimum absolute atomic E-state index is 0.0875. The summed E-state index contributed by atoms with van der Waals surface area (Å²) in [5, 5.41) is 2.64. The van der Waals surface area contributed by atoms with Gasteiger partial charge in [-0.15, -0.1) is 0 Å². The van der Waals surface area contributed by atoms with Crippen LogP contribution in [-0.4, -0.2) is 0 Å². The fourth-order valence-electron chi connectivity index (χ4n) is 27.5. The average Bonchev–Trinajstić information content (AvgIpc) is 1.46. The topological polar surface area (TPSA) is 19.4 Å². The normalized spacial score (nSPS) is 22.2. The van der Waals surface area contributed by atoms with Crippen molar-refractivity contribution in [3.8, 4) is 56.3 Å². The van der Waals surface area contributed by atoms with Gasteiger partial charge >= 0.3 is 0 Å². The van der Waals surface area contributed by atoms with Crippen LogP contribution < -0.4 is 22.8 Å². The summed E-state index contributed by atoms with van der Waals surface area (Å²) in [5.74, 6) is 0. The second kappa shape index (κ2) is 48.6. The third-order valence-corrected chi connectivity index (χ3v) is 38.6. The maximum absolute atomic E-state index is 2.55. The molecule has 0 aliphatic heterocycles. The van der Waals surface area contributed by atoms with Gasteiger partial charge in [0.15, 0.2) is 30.5 Å². The molecule has 5 heteroatoms. The predicted molar refractivity (Wildman–Crippen MR) is 616 cm³/mol. The molecule has 5 heterocycles. The van der Waals surface area contributed by atoms with E-state index in [4.69, 9.17) is 0 Å². The van der Waals surface area contributed by atoms with E-state index >= 15 is 0 Å². The number of aromatic nitrogens is 5. The monoisotopic (exact) mass is 1890 g/mol. The fourth-order valence-corrected chi connectivity index (χ4v) is 27.5. The zero-order valence-corrected chi connectivity index (χ0v) is 101. The Kier molecular flexibility index (Phi) is 43.5. The summed E-state index contributed by atoms with van der Waals surface area (Å²) < 4.78 is 11.7. The van der Waals surface area contributed by atoms with Crippen molar-refractivity contribution in [3.05, 3.63) is 279 Å². The van der Waals surface area contributed by atoms with E-state index in [1.807, 2.05) is 152 Å². The summed E-state index contributed by atoms with van der Waals surface area (Å²) in [7, 11) is 11.0. The van der Waals surface area contributed by atoms with E-state index in [1.54, 1.807) is 44.6 Å². The molecular formula is C134H210N5+5. The molecule has 0 radical (unpaired) electrons. The first-order valence-electron chi connectivity index (χ1n) is 55.2. The van der Waals surface area contributed by atoms with Gasteiger partial charge < -0.3 is 0 Å². The van der Waals surface area contributed by atoms with Gasteiger partial charge in [0, 0.05) is 114 Å². The van der Waals surface area contributed by atoms with Crippen molar-refractivity contribution >= 4 is 10.8 Å². The van der Waals surface area contributed by atoms with E-state index < -0.39 is 0 Å². The van der Waals surface area contributed by atoms with Crippen molar-refractivity contribution in [1.29, 1.82) is 0 Å². The molecule has 3 saturated carbocycles. The highest BCUT2D eigenvalue weighted by atomic mass is 15.0. The fraction of sp³-hybridized carbons (Fsp3) is 0.560. The van der Waals surface area contributed by atoms with Crippen molar-refractivity contribution in [2.75, 3.05) is 0 Å². The number of hydrogen-bond acceptors (Lipinski definition) is 0. The summed E-state index contributed by atoms with van der Waals surface area (Å²) >= 11 is 0. The summed E-state index contributed by atoms with van der Waals surface area (Å²) in [6.07, 6.45) is 14.2. The molecule has 11 aromatic rings. The van der Waals surface area contributed by atoms with Gasteiger partial charge in [-0.2, -0.15) is 4.57 Å². The Hall–Kier alpha value is -8.67. The number of rotatable bonds is 5. The van der Waals surface area contributed by atoms with Crippen molar-refractivity contribution in [1.82, 2.24) is 0 Å². The summed E-state index contributed by atoms with van der Waals surface area (Å²) in [5.41, 5.74) is 35.1. The van der Waals surface area contributed by atoms with Gasteiger partial charge in [0.05, 0.1) is 5.41 Å². The smallest absolute Gasteiger partial charge is 0.201 e. The molecule has 0 amide bonds. The zero-order valence-electron chi connectivity index (χ0n) is 101. The van der Waals surface area contributed by atoms with Gasteiger partial charge in [-0.1, -0.05) is 415 Å². The number of nitrogens with zero attached hydrogens (tertiary/aromatic N) is 5. The Balaban J connectivity index is 0.000000428. The molecule has 0 spiro atoms. The first kappa shape index (κ1) is 124. The van der Waals surface area contributed by atoms with Crippen LogP contribution in [-0.2, 0) is 80.6 Å². The molecule has 7 aliphatic rings. The van der Waals surface area contributed by atoms with E-state index in [2.05, 4.69) is 466 Å². The molecule has 3 fully saturated rings. The second-order valence-corrected chi connectivity index (χ2v) is 43.0. The molecular weight excluding hydrogens is 1680 g/mol. The van der Waals surface area contributed by atoms with Crippen LogP contribution in [0.4, 0.5) is 0 Å². The lowest BCUT2D eigenvalue weighted by Crippen LogP contribution is -2.56. The minimum atomic E-state index is 0.0875. The molecule has 6 atom stereocenters. The van der Waals surface area contributed by atoms with Gasteiger partial charge in [0.25, 0.3) is 0 Å². The third-order valence-electron chi connectivity index (χ3n) is 38.6. The minimum Gasteiger partial charge on any atom is -0.201 e.